The second kappa shape index (κ2) is 17.5. The Hall–Kier alpha value is -8.09. The van der Waals surface area contributed by atoms with Crippen molar-refractivity contribution in [3.05, 3.63) is 115 Å². The van der Waals surface area contributed by atoms with Crippen LogP contribution in [-0.2, 0) is 40.5 Å². The van der Waals surface area contributed by atoms with E-state index in [0.717, 1.165) is 48.5 Å². The van der Waals surface area contributed by atoms with Gasteiger partial charge in [-0.1, -0.05) is 18.2 Å². The summed E-state index contributed by atoms with van der Waals surface area (Å²) in [5, 5.41) is 57.2. The van der Waals surface area contributed by atoms with Gasteiger partial charge < -0.3 is 47.0 Å². The molecule has 356 valence electrons. The van der Waals surface area contributed by atoms with Gasteiger partial charge in [-0.05, 0) is 108 Å². The fourth-order valence-corrected chi connectivity index (χ4v) is 9.18. The molecule has 0 aliphatic heterocycles. The minimum Gasteiger partial charge on any atom is -0.506 e. The molecule has 0 aliphatic rings. The minimum absolute atomic E-state index is 0.00258. The molecule has 8 aromatic rings. The summed E-state index contributed by atoms with van der Waals surface area (Å²) in [6.45, 7) is 0. The van der Waals surface area contributed by atoms with Crippen LogP contribution in [0.25, 0.3) is 21.5 Å². The van der Waals surface area contributed by atoms with Crippen LogP contribution in [0.2, 0.25) is 0 Å². The van der Waals surface area contributed by atoms with Gasteiger partial charge >= 0.3 is 0 Å². The van der Waals surface area contributed by atoms with E-state index in [0.29, 0.717) is 5.69 Å². The quantitative estimate of drug-likeness (QED) is 0.0397. The van der Waals surface area contributed by atoms with E-state index in [4.69, 9.17) is 0 Å². The summed E-state index contributed by atoms with van der Waals surface area (Å²) < 4.78 is 137. The Morgan fingerprint density at radius 1 is 0.377 bits per heavy atom. The third kappa shape index (κ3) is 10.3. The Morgan fingerprint density at radius 3 is 1.12 bits per heavy atom. The molecule has 0 bridgehead atoms. The number of hydrogen-bond acceptors (Lipinski definition) is 20. The Balaban J connectivity index is 1.15. The summed E-state index contributed by atoms with van der Waals surface area (Å²) in [6.07, 6.45) is 0. The third-order valence-corrected chi connectivity index (χ3v) is 13.4. The fraction of sp³-hybridized carbons (Fsp3) is 0. The number of phenols is 4. The highest BCUT2D eigenvalue weighted by Crippen LogP contribution is 2.45. The Labute approximate surface area is 389 Å². The van der Waals surface area contributed by atoms with Crippen LogP contribution in [0, 0.1) is 0 Å². The smallest absolute Gasteiger partial charge is 0.296 e. The van der Waals surface area contributed by atoms with Crippen molar-refractivity contribution in [2.75, 3.05) is 26.6 Å². The number of benzene rings is 7. The zero-order valence-corrected chi connectivity index (χ0v) is 37.6. The van der Waals surface area contributed by atoms with Gasteiger partial charge in [0.2, 0.25) is 17.8 Å². The van der Waals surface area contributed by atoms with Crippen molar-refractivity contribution in [2.24, 2.45) is 0 Å². The number of fused-ring (bicyclic) bond motifs is 2. The third-order valence-electron chi connectivity index (χ3n) is 9.94. The second-order valence-corrected chi connectivity index (χ2v) is 20.2. The Bertz CT molecular complexity index is 3660. The van der Waals surface area contributed by atoms with E-state index in [1.165, 1.54) is 36.4 Å². The highest BCUT2D eigenvalue weighted by Gasteiger charge is 2.26. The van der Waals surface area contributed by atoms with Gasteiger partial charge in [0.25, 0.3) is 40.5 Å². The van der Waals surface area contributed by atoms with Crippen molar-refractivity contribution in [2.45, 2.75) is 19.6 Å². The number of hydrogen-bond donors (Lipinski definition) is 13. The number of aromatic hydroxyl groups is 4. The van der Waals surface area contributed by atoms with E-state index in [1.807, 2.05) is 0 Å². The monoisotopic (exact) mass is 1020 g/mol. The lowest BCUT2D eigenvalue weighted by molar-refractivity contribution is 0.470. The molecule has 24 nitrogen and oxygen atoms in total. The van der Waals surface area contributed by atoms with E-state index < -0.39 is 106 Å². The van der Waals surface area contributed by atoms with Crippen molar-refractivity contribution in [3.8, 4) is 23.0 Å². The predicted molar refractivity (Wildman–Crippen MR) is 249 cm³/mol. The van der Waals surface area contributed by atoms with Crippen LogP contribution in [0.1, 0.15) is 0 Å². The predicted octanol–water partition coefficient (Wildman–Crippen LogP) is 6.71. The molecule has 1 aromatic heterocycles. The average molecular weight is 1020 g/mol. The van der Waals surface area contributed by atoms with Crippen molar-refractivity contribution in [1.82, 2.24) is 15.0 Å². The molecule has 69 heavy (non-hydrogen) atoms. The molecule has 7 aromatic carbocycles. The first kappa shape index (κ1) is 47.4. The molecular formula is C41H32N8O16S4. The number of phenolic OH excluding ortho intramolecular Hbond substituents is 4. The minimum atomic E-state index is -5.15. The normalized spacial score (nSPS) is 12.2. The van der Waals surface area contributed by atoms with Crippen LogP contribution in [0.5, 0.6) is 23.0 Å². The van der Waals surface area contributed by atoms with Crippen molar-refractivity contribution in [3.63, 3.8) is 0 Å². The van der Waals surface area contributed by atoms with Gasteiger partial charge in [0, 0.05) is 27.8 Å². The maximum absolute atomic E-state index is 12.6. The molecule has 0 unspecified atom stereocenters. The molecule has 0 saturated heterocycles. The van der Waals surface area contributed by atoms with Gasteiger partial charge in [0.05, 0.1) is 21.2 Å². The average Bonchev–Trinajstić information content (AvgIpc) is 3.25. The standard InChI is InChI=1S/C41H32N8O16S4/c50-31-12-8-25(66(54,55)56)18-29(31)45-35-33(68(60,61)62)16-20-14-23(6-10-27(20)37(35)52)43-40-47-39(42-22-4-2-1-3-5-22)48-41(49-40)44-24-7-11-28-21(15-24)17-34(69(63,64)65)36(38(28)53)46-30-19-26(67(57,58)59)9-13-32(30)51/h1-19,45-46,50-53H,(H,54,55,56)(H,57,58,59)(H,60,61,62)(H,63,64,65)(H3,42,43,44,47,48,49). The molecule has 8 rings (SSSR count). The van der Waals surface area contributed by atoms with Crippen molar-refractivity contribution in [1.29, 1.82) is 0 Å². The molecular weight excluding hydrogens is 989 g/mol. The maximum atomic E-state index is 12.6. The van der Waals surface area contributed by atoms with Crippen LogP contribution >= 0.6 is 0 Å². The van der Waals surface area contributed by atoms with Crippen LogP contribution in [0.3, 0.4) is 0 Å². The van der Waals surface area contributed by atoms with Crippen LogP contribution in [0.15, 0.2) is 135 Å². The van der Waals surface area contributed by atoms with Crippen molar-refractivity contribution < 1.29 is 72.3 Å². The largest absolute Gasteiger partial charge is 0.506 e. The summed E-state index contributed by atoms with van der Waals surface area (Å²) in [5.41, 5.74) is -1.31. The first-order valence-electron chi connectivity index (χ1n) is 19.1. The van der Waals surface area contributed by atoms with Gasteiger partial charge in [0.1, 0.15) is 44.2 Å². The van der Waals surface area contributed by atoms with E-state index in [-0.39, 0.29) is 50.8 Å². The first-order chi connectivity index (χ1) is 32.3. The topological polar surface area (TPSA) is 397 Å². The summed E-state index contributed by atoms with van der Waals surface area (Å²) in [5.74, 6) is -3.05. The maximum Gasteiger partial charge on any atom is 0.296 e. The SMILES string of the molecule is O=S(=O)(O)c1ccc(O)c(Nc2c(S(=O)(=O)O)cc3cc(Nc4nc(Nc5ccccc5)nc(Nc5ccc6c(O)c(Nc7cc(S(=O)(=O)O)ccc7O)c(S(=O)(=O)O)cc6c5)n4)ccc3c2O)c1. The van der Waals surface area contributed by atoms with E-state index >= 15 is 0 Å². The van der Waals surface area contributed by atoms with Gasteiger partial charge in [-0.15, -0.1) is 0 Å². The zero-order valence-electron chi connectivity index (χ0n) is 34.3. The number of aromatic nitrogens is 3. The number of nitrogens with one attached hydrogen (secondary N) is 5. The molecule has 0 radical (unpaired) electrons. The van der Waals surface area contributed by atoms with Gasteiger partial charge in [-0.3, -0.25) is 18.2 Å². The van der Waals surface area contributed by atoms with E-state index in [1.54, 1.807) is 30.3 Å². The second-order valence-electron chi connectivity index (χ2n) is 14.6. The molecule has 0 amide bonds. The van der Waals surface area contributed by atoms with Crippen LogP contribution in [0.4, 0.5) is 57.7 Å². The molecule has 0 atom stereocenters. The van der Waals surface area contributed by atoms with Gasteiger partial charge in [-0.25, -0.2) is 0 Å². The molecule has 1 heterocycles. The molecule has 28 heteroatoms. The van der Waals surface area contributed by atoms with E-state index in [9.17, 15) is 72.3 Å². The number of anilines is 10. The summed E-state index contributed by atoms with van der Waals surface area (Å²) in [4.78, 5) is 10.1. The lowest BCUT2D eigenvalue weighted by atomic mass is 10.1. The van der Waals surface area contributed by atoms with Gasteiger partial charge in [-0.2, -0.15) is 48.6 Å². The summed E-state index contributed by atoms with van der Waals surface area (Å²) in [6, 6.07) is 23.9. The van der Waals surface area contributed by atoms with Crippen molar-refractivity contribution >= 4 is 120 Å². The van der Waals surface area contributed by atoms with Gasteiger partial charge in [0.15, 0.2) is 0 Å². The summed E-state index contributed by atoms with van der Waals surface area (Å²) >= 11 is 0. The Morgan fingerprint density at radius 2 is 0.754 bits per heavy atom. The van der Waals surface area contributed by atoms with Crippen LogP contribution in [-0.4, -0.2) is 87.3 Å². The fourth-order valence-electron chi connectivity index (χ4n) is 6.80. The lowest BCUT2D eigenvalue weighted by Crippen LogP contribution is -2.08. The van der Waals surface area contributed by atoms with E-state index in [2.05, 4.69) is 41.5 Å². The molecule has 0 fully saturated rings. The number of para-hydroxylation sites is 1. The highest BCUT2D eigenvalue weighted by atomic mass is 32.2. The summed E-state index contributed by atoms with van der Waals surface area (Å²) in [7, 11) is -19.9. The lowest BCUT2D eigenvalue weighted by Gasteiger charge is -2.17. The molecule has 0 spiro atoms. The number of nitrogens with zero attached hydrogens (tertiary/aromatic N) is 3. The highest BCUT2D eigenvalue weighted by molar-refractivity contribution is 7.86. The zero-order chi connectivity index (χ0) is 49.8. The van der Waals surface area contributed by atoms with Crippen LogP contribution < -0.4 is 26.6 Å². The Kier molecular flexibility index (Phi) is 12.0. The molecule has 13 N–H and O–H groups in total. The molecule has 0 saturated carbocycles. The number of rotatable bonds is 14. The first-order valence-corrected chi connectivity index (χ1v) is 24.9. The molecule has 0 aliphatic carbocycles.